The molecule has 0 bridgehead atoms. The molecule has 1 heterocycles. The third-order valence-corrected chi connectivity index (χ3v) is 3.43. The van der Waals surface area contributed by atoms with E-state index in [-0.39, 0.29) is 5.91 Å². The average molecular weight is 254 g/mol. The summed E-state index contributed by atoms with van der Waals surface area (Å²) in [5.41, 5.74) is 0.477. The molecule has 1 aromatic rings. The molecule has 92 valence electrons. The summed E-state index contributed by atoms with van der Waals surface area (Å²) < 4.78 is 0. The summed E-state index contributed by atoms with van der Waals surface area (Å²) >= 11 is 5.96. The lowest BCUT2D eigenvalue weighted by molar-refractivity contribution is 0.0939. The van der Waals surface area contributed by atoms with Crippen LogP contribution in [0, 0.1) is 5.92 Å². The molecular weight excluding hydrogens is 238 g/mol. The molecule has 0 aliphatic heterocycles. The molecule has 17 heavy (non-hydrogen) atoms. The van der Waals surface area contributed by atoms with Crippen molar-refractivity contribution in [3.8, 4) is 0 Å². The van der Waals surface area contributed by atoms with Crippen LogP contribution in [0.1, 0.15) is 29.6 Å². The van der Waals surface area contributed by atoms with Crippen LogP contribution in [0.2, 0.25) is 5.02 Å². The number of hydrogen-bond acceptors (Lipinski definition) is 3. The second-order valence-electron chi connectivity index (χ2n) is 4.31. The van der Waals surface area contributed by atoms with Crippen molar-refractivity contribution < 1.29 is 4.79 Å². The molecule has 0 spiro atoms. The summed E-state index contributed by atoms with van der Waals surface area (Å²) in [5, 5.41) is 6.19. The quantitative estimate of drug-likeness (QED) is 0.866. The van der Waals surface area contributed by atoms with Crippen molar-refractivity contribution in [1.29, 1.82) is 0 Å². The largest absolute Gasteiger partial charge is 0.373 e. The Balaban J connectivity index is 2.01. The second kappa shape index (κ2) is 5.36. The van der Waals surface area contributed by atoms with E-state index in [4.69, 9.17) is 11.6 Å². The summed E-state index contributed by atoms with van der Waals surface area (Å²) in [5.74, 6) is 1.16. The third-order valence-electron chi connectivity index (χ3n) is 3.13. The van der Waals surface area contributed by atoms with Gasteiger partial charge in [0.25, 0.3) is 5.91 Å². The molecule has 1 aliphatic rings. The Labute approximate surface area is 106 Å². The van der Waals surface area contributed by atoms with E-state index < -0.39 is 0 Å². The topological polar surface area (TPSA) is 54.0 Å². The van der Waals surface area contributed by atoms with Gasteiger partial charge in [-0.25, -0.2) is 4.98 Å². The number of carbonyl (C=O) groups is 1. The minimum atomic E-state index is -0.124. The van der Waals surface area contributed by atoms with Crippen LogP contribution < -0.4 is 10.6 Å². The Morgan fingerprint density at radius 3 is 2.94 bits per heavy atom. The van der Waals surface area contributed by atoms with E-state index in [1.807, 2.05) is 0 Å². The van der Waals surface area contributed by atoms with Gasteiger partial charge in [0, 0.05) is 19.8 Å². The number of hydrogen-bond donors (Lipinski definition) is 2. The van der Waals surface area contributed by atoms with Gasteiger partial charge in [-0.2, -0.15) is 0 Å². The molecule has 0 unspecified atom stereocenters. The first-order valence-electron chi connectivity index (χ1n) is 5.82. The number of pyridine rings is 1. The van der Waals surface area contributed by atoms with Gasteiger partial charge in [0.15, 0.2) is 0 Å². The van der Waals surface area contributed by atoms with Gasteiger partial charge in [-0.15, -0.1) is 0 Å². The van der Waals surface area contributed by atoms with Crippen molar-refractivity contribution in [2.45, 2.75) is 19.3 Å². The van der Waals surface area contributed by atoms with Gasteiger partial charge in [0.2, 0.25) is 0 Å². The fraction of sp³-hybridized carbons (Fsp3) is 0.500. The zero-order valence-corrected chi connectivity index (χ0v) is 10.5. The van der Waals surface area contributed by atoms with Crippen LogP contribution in [0.25, 0.3) is 0 Å². The molecule has 2 rings (SSSR count). The molecule has 1 fully saturated rings. The normalized spacial score (nSPS) is 15.2. The minimum Gasteiger partial charge on any atom is -0.373 e. The lowest BCUT2D eigenvalue weighted by atomic mass is 9.85. The highest BCUT2D eigenvalue weighted by Gasteiger charge is 2.19. The van der Waals surface area contributed by atoms with Gasteiger partial charge in [0.05, 0.1) is 10.6 Å². The lowest BCUT2D eigenvalue weighted by Crippen LogP contribution is -2.32. The predicted octanol–water partition coefficient (Wildman–Crippen LogP) is 2.31. The van der Waals surface area contributed by atoms with Crippen LogP contribution in [-0.2, 0) is 0 Å². The molecule has 1 aliphatic carbocycles. The summed E-state index contributed by atoms with van der Waals surface area (Å²) in [6.45, 7) is 0.742. The molecule has 0 saturated heterocycles. The molecule has 1 saturated carbocycles. The standard InChI is InChI=1S/C12H16ClN3O/c1-14-11-5-9(10(13)7-15-11)12(17)16-6-8-3-2-4-8/h5,7-8H,2-4,6H2,1H3,(H,14,15)(H,16,17). The van der Waals surface area contributed by atoms with E-state index in [0.717, 1.165) is 6.54 Å². The predicted molar refractivity (Wildman–Crippen MR) is 68.5 cm³/mol. The Kier molecular flexibility index (Phi) is 3.84. The Morgan fingerprint density at radius 2 is 2.35 bits per heavy atom. The van der Waals surface area contributed by atoms with E-state index in [2.05, 4.69) is 15.6 Å². The maximum atomic E-state index is 11.9. The highest BCUT2D eigenvalue weighted by atomic mass is 35.5. The van der Waals surface area contributed by atoms with E-state index in [1.165, 1.54) is 25.5 Å². The second-order valence-corrected chi connectivity index (χ2v) is 4.71. The zero-order chi connectivity index (χ0) is 12.3. The van der Waals surface area contributed by atoms with Crippen molar-refractivity contribution >= 4 is 23.3 Å². The first-order chi connectivity index (χ1) is 8.20. The van der Waals surface area contributed by atoms with Gasteiger partial charge in [-0.3, -0.25) is 4.79 Å². The minimum absolute atomic E-state index is 0.124. The van der Waals surface area contributed by atoms with Crippen molar-refractivity contribution in [1.82, 2.24) is 10.3 Å². The smallest absolute Gasteiger partial charge is 0.252 e. The van der Waals surface area contributed by atoms with Crippen LogP contribution in [0.15, 0.2) is 12.3 Å². The summed E-state index contributed by atoms with van der Waals surface area (Å²) in [4.78, 5) is 16.0. The number of nitrogens with zero attached hydrogens (tertiary/aromatic N) is 1. The molecule has 2 N–H and O–H groups in total. The van der Waals surface area contributed by atoms with E-state index in [1.54, 1.807) is 13.1 Å². The Hall–Kier alpha value is -1.29. The number of aromatic nitrogens is 1. The van der Waals surface area contributed by atoms with E-state index in [9.17, 15) is 4.79 Å². The van der Waals surface area contributed by atoms with Gasteiger partial charge in [-0.1, -0.05) is 18.0 Å². The van der Waals surface area contributed by atoms with Crippen molar-refractivity contribution in [3.05, 3.63) is 22.8 Å². The molecular formula is C12H16ClN3O. The van der Waals surface area contributed by atoms with Crippen molar-refractivity contribution in [2.24, 2.45) is 5.92 Å². The van der Waals surface area contributed by atoms with Crippen LogP contribution in [-0.4, -0.2) is 24.5 Å². The molecule has 5 heteroatoms. The fourth-order valence-electron chi connectivity index (χ4n) is 1.78. The first kappa shape index (κ1) is 12.2. The van der Waals surface area contributed by atoms with Crippen LogP contribution >= 0.6 is 11.6 Å². The number of anilines is 1. The van der Waals surface area contributed by atoms with E-state index in [0.29, 0.717) is 22.3 Å². The third kappa shape index (κ3) is 2.88. The summed E-state index contributed by atoms with van der Waals surface area (Å²) in [6, 6.07) is 1.67. The van der Waals surface area contributed by atoms with Gasteiger partial charge in [0.1, 0.15) is 5.82 Å². The van der Waals surface area contributed by atoms with Gasteiger partial charge >= 0.3 is 0 Å². The van der Waals surface area contributed by atoms with Gasteiger partial charge < -0.3 is 10.6 Å². The zero-order valence-electron chi connectivity index (χ0n) is 9.79. The molecule has 0 aromatic carbocycles. The number of rotatable bonds is 4. The SMILES string of the molecule is CNc1cc(C(=O)NCC2CCC2)c(Cl)cn1. The van der Waals surface area contributed by atoms with Crippen LogP contribution in [0.5, 0.6) is 0 Å². The van der Waals surface area contributed by atoms with Crippen molar-refractivity contribution in [2.75, 3.05) is 18.9 Å². The maximum Gasteiger partial charge on any atom is 0.252 e. The Morgan fingerprint density at radius 1 is 1.59 bits per heavy atom. The molecule has 0 atom stereocenters. The Bertz CT molecular complexity index is 418. The molecule has 1 amide bonds. The summed E-state index contributed by atoms with van der Waals surface area (Å²) in [7, 11) is 1.76. The fourth-order valence-corrected chi connectivity index (χ4v) is 1.97. The maximum absolute atomic E-state index is 11.9. The number of amides is 1. The highest BCUT2D eigenvalue weighted by molar-refractivity contribution is 6.33. The molecule has 0 radical (unpaired) electrons. The van der Waals surface area contributed by atoms with E-state index >= 15 is 0 Å². The molecule has 1 aromatic heterocycles. The molecule has 4 nitrogen and oxygen atoms in total. The summed E-state index contributed by atoms with van der Waals surface area (Å²) in [6.07, 6.45) is 5.20. The first-order valence-corrected chi connectivity index (χ1v) is 6.20. The average Bonchev–Trinajstić information content (AvgIpc) is 2.27. The van der Waals surface area contributed by atoms with Crippen molar-refractivity contribution in [3.63, 3.8) is 0 Å². The van der Waals surface area contributed by atoms with Gasteiger partial charge in [-0.05, 0) is 24.8 Å². The number of carbonyl (C=O) groups excluding carboxylic acids is 1. The highest BCUT2D eigenvalue weighted by Crippen LogP contribution is 2.25. The van der Waals surface area contributed by atoms with Crippen LogP contribution in [0.4, 0.5) is 5.82 Å². The monoisotopic (exact) mass is 253 g/mol. The van der Waals surface area contributed by atoms with Crippen LogP contribution in [0.3, 0.4) is 0 Å². The number of halogens is 1. The number of nitrogens with one attached hydrogen (secondary N) is 2. The lowest BCUT2D eigenvalue weighted by Gasteiger charge is -2.25.